The Balaban J connectivity index is 0.00000289. The molecule has 1 aromatic heterocycles. The monoisotopic (exact) mass is 455 g/mol. The van der Waals surface area contributed by atoms with E-state index in [1.54, 1.807) is 25.8 Å². The predicted molar refractivity (Wildman–Crippen MR) is 130 cm³/mol. The standard InChI is InChI=1S/C25H29N3O3.ClH/c1-14-8-15(2)24(16(3)9-14)26-23-13-20-19-12-22(31-7)21(30-6)11-18(19)10-17(4)28(20)25(29)27(23)5;/h8-9,11-13,17H,10H2,1-7H3;1H/t17-;/m0./s1. The second-order valence-corrected chi connectivity index (χ2v) is 8.38. The fraction of sp³-hybridized carbons (Fsp3) is 0.360. The van der Waals surface area contributed by atoms with Crippen molar-refractivity contribution >= 4 is 18.1 Å². The second kappa shape index (κ2) is 8.87. The Morgan fingerprint density at radius 2 is 1.56 bits per heavy atom. The van der Waals surface area contributed by atoms with Crippen LogP contribution in [-0.4, -0.2) is 23.4 Å². The van der Waals surface area contributed by atoms with E-state index in [9.17, 15) is 4.79 Å². The van der Waals surface area contributed by atoms with Gasteiger partial charge in [0.2, 0.25) is 0 Å². The summed E-state index contributed by atoms with van der Waals surface area (Å²) < 4.78 is 14.5. The summed E-state index contributed by atoms with van der Waals surface area (Å²) in [5.74, 6) is 1.34. The number of hydrogen-bond donors (Lipinski definition) is 0. The quantitative estimate of drug-likeness (QED) is 0.581. The van der Waals surface area contributed by atoms with Gasteiger partial charge in [0.05, 0.1) is 25.6 Å². The van der Waals surface area contributed by atoms with E-state index in [-0.39, 0.29) is 24.1 Å². The van der Waals surface area contributed by atoms with Gasteiger partial charge in [-0.25, -0.2) is 9.79 Å². The maximum atomic E-state index is 13.4. The summed E-state index contributed by atoms with van der Waals surface area (Å²) in [4.78, 5) is 18.3. The molecular weight excluding hydrogens is 426 g/mol. The van der Waals surface area contributed by atoms with Gasteiger partial charge in [-0.15, -0.1) is 12.4 Å². The molecule has 0 spiro atoms. The lowest BCUT2D eigenvalue weighted by molar-refractivity contribution is 0.354. The molecule has 0 saturated carbocycles. The third kappa shape index (κ3) is 3.84. The number of benzene rings is 2. The maximum Gasteiger partial charge on any atom is 0.330 e. The highest BCUT2D eigenvalue weighted by Crippen LogP contribution is 2.40. The Morgan fingerprint density at radius 3 is 2.16 bits per heavy atom. The van der Waals surface area contributed by atoms with Crippen molar-refractivity contribution in [3.63, 3.8) is 0 Å². The highest BCUT2D eigenvalue weighted by Gasteiger charge is 2.26. The van der Waals surface area contributed by atoms with Crippen molar-refractivity contribution in [1.29, 1.82) is 0 Å². The molecule has 1 atom stereocenters. The van der Waals surface area contributed by atoms with Gasteiger partial charge in [-0.05, 0) is 62.9 Å². The van der Waals surface area contributed by atoms with Gasteiger partial charge < -0.3 is 9.47 Å². The van der Waals surface area contributed by atoms with E-state index in [4.69, 9.17) is 14.5 Å². The molecule has 4 rings (SSSR count). The molecule has 32 heavy (non-hydrogen) atoms. The van der Waals surface area contributed by atoms with Crippen molar-refractivity contribution in [2.75, 3.05) is 14.2 Å². The summed E-state index contributed by atoms with van der Waals surface area (Å²) in [7, 11) is 5.04. The van der Waals surface area contributed by atoms with Crippen LogP contribution in [-0.2, 0) is 13.5 Å². The third-order valence-corrected chi connectivity index (χ3v) is 6.07. The Hall–Kier alpha value is -2.99. The highest BCUT2D eigenvalue weighted by molar-refractivity contribution is 5.85. The molecule has 0 radical (unpaired) electrons. The minimum Gasteiger partial charge on any atom is -0.493 e. The highest BCUT2D eigenvalue weighted by atomic mass is 35.5. The first-order chi connectivity index (χ1) is 14.7. The van der Waals surface area contributed by atoms with Crippen LogP contribution < -0.4 is 20.7 Å². The van der Waals surface area contributed by atoms with E-state index in [1.807, 2.05) is 22.8 Å². The number of ether oxygens (including phenoxy) is 2. The first-order valence-corrected chi connectivity index (χ1v) is 10.5. The summed E-state index contributed by atoms with van der Waals surface area (Å²) in [6, 6.07) is 10.2. The molecule has 0 saturated heterocycles. The lowest BCUT2D eigenvalue weighted by Crippen LogP contribution is -2.41. The van der Waals surface area contributed by atoms with Crippen LogP contribution in [0.15, 0.2) is 40.1 Å². The van der Waals surface area contributed by atoms with Gasteiger partial charge in [0, 0.05) is 24.7 Å². The molecule has 1 aliphatic rings. The SMILES string of the molecule is COc1cc2c(cc1OC)-c1cc(=Nc3c(C)cc(C)cc3C)n(C)c(=O)n1[C@@H](C)C2.Cl. The second-order valence-electron chi connectivity index (χ2n) is 8.38. The van der Waals surface area contributed by atoms with Crippen LogP contribution in [0.3, 0.4) is 0 Å². The van der Waals surface area contributed by atoms with Gasteiger partial charge in [-0.3, -0.25) is 9.13 Å². The predicted octanol–water partition coefficient (Wildman–Crippen LogP) is 4.57. The Morgan fingerprint density at radius 1 is 0.969 bits per heavy atom. The van der Waals surface area contributed by atoms with Gasteiger partial charge in [-0.2, -0.15) is 0 Å². The Bertz CT molecular complexity index is 1300. The van der Waals surface area contributed by atoms with Crippen molar-refractivity contribution < 1.29 is 9.47 Å². The average molecular weight is 456 g/mol. The number of rotatable bonds is 3. The fourth-order valence-corrected chi connectivity index (χ4v) is 4.59. The number of aromatic nitrogens is 2. The van der Waals surface area contributed by atoms with Gasteiger partial charge >= 0.3 is 5.69 Å². The van der Waals surface area contributed by atoms with Crippen molar-refractivity contribution in [2.45, 2.75) is 40.2 Å². The summed E-state index contributed by atoms with van der Waals surface area (Å²) in [6.07, 6.45) is 0.745. The van der Waals surface area contributed by atoms with Gasteiger partial charge in [0.15, 0.2) is 11.5 Å². The lowest BCUT2D eigenvalue weighted by Gasteiger charge is -2.28. The van der Waals surface area contributed by atoms with E-state index >= 15 is 0 Å². The summed E-state index contributed by atoms with van der Waals surface area (Å²) in [5, 5.41) is 0. The van der Waals surface area contributed by atoms with Crippen LogP contribution in [0.25, 0.3) is 11.3 Å². The third-order valence-electron chi connectivity index (χ3n) is 6.07. The summed E-state index contributed by atoms with van der Waals surface area (Å²) in [6.45, 7) is 8.25. The number of nitrogens with zero attached hydrogens (tertiary/aromatic N) is 3. The van der Waals surface area contributed by atoms with Crippen molar-refractivity contribution in [1.82, 2.24) is 9.13 Å². The number of methoxy groups -OCH3 is 2. The van der Waals surface area contributed by atoms with Crippen LogP contribution in [0.1, 0.15) is 35.2 Å². The zero-order chi connectivity index (χ0) is 22.4. The molecule has 1 aliphatic heterocycles. The van der Waals surface area contributed by atoms with Crippen LogP contribution >= 0.6 is 12.4 Å². The molecule has 7 heteroatoms. The molecule has 0 amide bonds. The minimum absolute atomic E-state index is 0. The molecule has 2 aromatic carbocycles. The maximum absolute atomic E-state index is 13.4. The number of fused-ring (bicyclic) bond motifs is 3. The Kier molecular flexibility index (Phi) is 6.56. The molecule has 2 heterocycles. The molecule has 0 N–H and O–H groups in total. The summed E-state index contributed by atoms with van der Waals surface area (Å²) in [5.41, 5.74) is 7.79. The van der Waals surface area contributed by atoms with Crippen molar-refractivity contribution in [3.8, 4) is 22.8 Å². The zero-order valence-electron chi connectivity index (χ0n) is 19.6. The van der Waals surface area contributed by atoms with Gasteiger partial charge in [0.1, 0.15) is 5.49 Å². The molecule has 0 fully saturated rings. The van der Waals surface area contributed by atoms with Crippen LogP contribution in [0.2, 0.25) is 0 Å². The molecule has 170 valence electrons. The van der Waals surface area contributed by atoms with E-state index in [2.05, 4.69) is 39.8 Å². The first-order valence-electron chi connectivity index (χ1n) is 10.5. The molecule has 0 aliphatic carbocycles. The van der Waals surface area contributed by atoms with E-state index in [1.165, 1.54) is 5.56 Å². The van der Waals surface area contributed by atoms with E-state index in [0.29, 0.717) is 17.0 Å². The fourth-order valence-electron chi connectivity index (χ4n) is 4.59. The van der Waals surface area contributed by atoms with Crippen molar-refractivity contribution in [2.24, 2.45) is 12.0 Å². The molecular formula is C25H30ClN3O3. The van der Waals surface area contributed by atoms with Crippen LogP contribution in [0.4, 0.5) is 5.69 Å². The van der Waals surface area contributed by atoms with Crippen LogP contribution in [0, 0.1) is 20.8 Å². The molecule has 0 bridgehead atoms. The zero-order valence-corrected chi connectivity index (χ0v) is 20.5. The minimum atomic E-state index is -0.0772. The molecule has 3 aromatic rings. The average Bonchev–Trinajstić information content (AvgIpc) is 2.72. The smallest absolute Gasteiger partial charge is 0.330 e. The lowest BCUT2D eigenvalue weighted by atomic mass is 9.93. The topological polar surface area (TPSA) is 57.8 Å². The van der Waals surface area contributed by atoms with E-state index in [0.717, 1.165) is 40.1 Å². The van der Waals surface area contributed by atoms with Crippen LogP contribution in [0.5, 0.6) is 11.5 Å². The first kappa shape index (κ1) is 23.7. The molecule has 0 unspecified atom stereocenters. The van der Waals surface area contributed by atoms with E-state index < -0.39 is 0 Å². The largest absolute Gasteiger partial charge is 0.493 e. The number of hydrogen-bond acceptors (Lipinski definition) is 4. The number of aryl methyl sites for hydroxylation is 3. The van der Waals surface area contributed by atoms with Gasteiger partial charge in [0.25, 0.3) is 0 Å². The number of halogens is 1. The van der Waals surface area contributed by atoms with Gasteiger partial charge in [-0.1, -0.05) is 17.7 Å². The molecule has 6 nitrogen and oxygen atoms in total. The Labute approximate surface area is 194 Å². The van der Waals surface area contributed by atoms with Crippen molar-refractivity contribution in [3.05, 3.63) is 68.6 Å². The normalized spacial score (nSPS) is 15.0. The summed E-state index contributed by atoms with van der Waals surface area (Å²) >= 11 is 0.